The van der Waals surface area contributed by atoms with Gasteiger partial charge in [0.1, 0.15) is 17.3 Å². The van der Waals surface area contributed by atoms with Crippen molar-refractivity contribution in [3.8, 4) is 22.6 Å². The Morgan fingerprint density at radius 1 is 1.09 bits per heavy atom. The van der Waals surface area contributed by atoms with Crippen LogP contribution in [0.25, 0.3) is 21.2 Å². The molecule has 2 N–H and O–H groups in total. The van der Waals surface area contributed by atoms with Gasteiger partial charge in [0.25, 0.3) is 0 Å². The van der Waals surface area contributed by atoms with Crippen molar-refractivity contribution >= 4 is 27.2 Å². The van der Waals surface area contributed by atoms with Crippen LogP contribution in [0.2, 0.25) is 0 Å². The molecule has 4 nitrogen and oxygen atoms in total. The molecule has 0 aliphatic carbocycles. The Labute approximate surface area is 190 Å². The van der Waals surface area contributed by atoms with E-state index in [2.05, 4.69) is 12.2 Å². The molecule has 6 heteroatoms. The van der Waals surface area contributed by atoms with Crippen molar-refractivity contribution in [3.05, 3.63) is 83.0 Å². The quantitative estimate of drug-likeness (QED) is 0.242. The fourth-order valence-electron chi connectivity index (χ4n) is 3.58. The molecule has 0 radical (unpaired) electrons. The predicted molar refractivity (Wildman–Crippen MR) is 127 cm³/mol. The molecule has 0 unspecified atom stereocenters. The summed E-state index contributed by atoms with van der Waals surface area (Å²) in [6, 6.07) is 18.6. The number of hydrogen-bond donors (Lipinski definition) is 2. The van der Waals surface area contributed by atoms with Crippen LogP contribution in [0.5, 0.6) is 11.5 Å². The third-order valence-electron chi connectivity index (χ3n) is 5.16. The van der Waals surface area contributed by atoms with E-state index < -0.39 is 5.82 Å². The lowest BCUT2D eigenvalue weighted by Gasteiger charge is -2.09. The number of phenols is 1. The highest BCUT2D eigenvalue weighted by Gasteiger charge is 2.23. The Morgan fingerprint density at radius 2 is 1.88 bits per heavy atom. The van der Waals surface area contributed by atoms with Gasteiger partial charge in [0, 0.05) is 15.6 Å². The third-order valence-corrected chi connectivity index (χ3v) is 6.31. The van der Waals surface area contributed by atoms with Crippen LogP contribution in [0.4, 0.5) is 4.39 Å². The molecule has 0 atom stereocenters. The first-order valence-electron chi connectivity index (χ1n) is 10.6. The van der Waals surface area contributed by atoms with Crippen LogP contribution in [0.15, 0.2) is 66.7 Å². The van der Waals surface area contributed by atoms with Gasteiger partial charge < -0.3 is 15.2 Å². The number of fused-ring (bicyclic) bond motifs is 1. The van der Waals surface area contributed by atoms with E-state index in [9.17, 15) is 14.3 Å². The summed E-state index contributed by atoms with van der Waals surface area (Å²) in [4.78, 5) is 13.7. The highest BCUT2D eigenvalue weighted by molar-refractivity contribution is 7.21. The van der Waals surface area contributed by atoms with Gasteiger partial charge in [0.2, 0.25) is 5.78 Å². The molecule has 0 spiro atoms. The average molecular weight is 450 g/mol. The molecule has 1 aromatic heterocycles. The minimum Gasteiger partial charge on any atom is -0.508 e. The second-order valence-corrected chi connectivity index (χ2v) is 8.43. The summed E-state index contributed by atoms with van der Waals surface area (Å²) in [6.45, 7) is 4.53. The van der Waals surface area contributed by atoms with Gasteiger partial charge in [-0.05, 0) is 67.5 Å². The fraction of sp³-hybridized carbons (Fsp3) is 0.192. The predicted octanol–water partition coefficient (Wildman–Crippen LogP) is 6.02. The Kier molecular flexibility index (Phi) is 6.83. The average Bonchev–Trinajstić information content (AvgIpc) is 3.18. The molecule has 0 aliphatic rings. The van der Waals surface area contributed by atoms with Gasteiger partial charge in [-0.25, -0.2) is 4.39 Å². The van der Waals surface area contributed by atoms with Crippen LogP contribution in [0.3, 0.4) is 0 Å². The number of phenolic OH excluding ortho intramolecular Hbond substituents is 1. The molecule has 4 aromatic rings. The van der Waals surface area contributed by atoms with Crippen LogP contribution in [0.1, 0.15) is 28.6 Å². The van der Waals surface area contributed by atoms with Gasteiger partial charge in [-0.3, -0.25) is 4.79 Å². The number of hydrogen-bond acceptors (Lipinski definition) is 5. The van der Waals surface area contributed by atoms with Crippen LogP contribution >= 0.6 is 11.3 Å². The van der Waals surface area contributed by atoms with Crippen LogP contribution < -0.4 is 10.1 Å². The zero-order valence-corrected chi connectivity index (χ0v) is 18.5. The number of ketones is 1. The zero-order valence-electron chi connectivity index (χ0n) is 17.7. The van der Waals surface area contributed by atoms with Gasteiger partial charge in [-0.1, -0.05) is 31.2 Å². The number of rotatable bonds is 9. The largest absolute Gasteiger partial charge is 0.508 e. The van der Waals surface area contributed by atoms with Crippen molar-refractivity contribution in [1.29, 1.82) is 0 Å². The first-order chi connectivity index (χ1) is 15.6. The lowest BCUT2D eigenvalue weighted by Crippen LogP contribution is -2.16. The van der Waals surface area contributed by atoms with Crippen molar-refractivity contribution < 1.29 is 19.0 Å². The molecular weight excluding hydrogens is 425 g/mol. The summed E-state index contributed by atoms with van der Waals surface area (Å²) in [7, 11) is 0. The molecule has 1 heterocycles. The molecular formula is C26H24FNO3S. The maximum Gasteiger partial charge on any atom is 0.206 e. The molecule has 0 saturated heterocycles. The van der Waals surface area contributed by atoms with Crippen LogP contribution in [0, 0.1) is 5.82 Å². The molecule has 32 heavy (non-hydrogen) atoms. The first kappa shape index (κ1) is 22.0. The standard InChI is InChI=1S/C26H24FNO3S/c1-2-28-14-5-15-31-19-11-8-17(9-12-19)24-21-13-10-18(29)16-23(21)32-26(24)25(30)20-6-3-4-7-22(20)27/h3-4,6-13,16,28-29H,2,5,14-15H2,1H3. The van der Waals surface area contributed by atoms with Crippen molar-refractivity contribution in [1.82, 2.24) is 5.32 Å². The number of thiophene rings is 1. The third kappa shape index (κ3) is 4.66. The minimum atomic E-state index is -0.551. The van der Waals surface area contributed by atoms with E-state index in [1.807, 2.05) is 24.3 Å². The maximum absolute atomic E-state index is 14.4. The SMILES string of the molecule is CCNCCCOc1ccc(-c2c(C(=O)c3ccccc3F)sc3cc(O)ccc23)cc1. The van der Waals surface area contributed by atoms with E-state index in [0.29, 0.717) is 11.5 Å². The molecule has 164 valence electrons. The van der Waals surface area contributed by atoms with Crippen LogP contribution in [-0.2, 0) is 0 Å². The number of carbonyl (C=O) groups excluding carboxylic acids is 1. The van der Waals surface area contributed by atoms with Crippen LogP contribution in [-0.4, -0.2) is 30.6 Å². The topological polar surface area (TPSA) is 58.6 Å². The Morgan fingerprint density at radius 3 is 2.62 bits per heavy atom. The van der Waals surface area contributed by atoms with E-state index in [1.54, 1.807) is 30.3 Å². The number of carbonyl (C=O) groups is 1. The highest BCUT2D eigenvalue weighted by atomic mass is 32.1. The lowest BCUT2D eigenvalue weighted by atomic mass is 9.98. The second kappa shape index (κ2) is 9.94. The number of aromatic hydroxyl groups is 1. The van der Waals surface area contributed by atoms with E-state index in [1.165, 1.54) is 23.5 Å². The Balaban J connectivity index is 1.69. The molecule has 0 bridgehead atoms. The van der Waals surface area contributed by atoms with E-state index in [-0.39, 0.29) is 17.1 Å². The summed E-state index contributed by atoms with van der Waals surface area (Å²) in [5.41, 5.74) is 1.60. The van der Waals surface area contributed by atoms with Gasteiger partial charge in [-0.15, -0.1) is 11.3 Å². The normalized spacial score (nSPS) is 11.1. The van der Waals surface area contributed by atoms with Gasteiger partial charge in [0.15, 0.2) is 0 Å². The maximum atomic E-state index is 14.4. The summed E-state index contributed by atoms with van der Waals surface area (Å²) >= 11 is 1.26. The molecule has 0 amide bonds. The number of halogens is 1. The summed E-state index contributed by atoms with van der Waals surface area (Å²) in [5.74, 6) is -0.0477. The summed E-state index contributed by atoms with van der Waals surface area (Å²) in [6.07, 6.45) is 0.912. The monoisotopic (exact) mass is 449 g/mol. The van der Waals surface area contributed by atoms with Crippen molar-refractivity contribution in [3.63, 3.8) is 0 Å². The second-order valence-electron chi connectivity index (χ2n) is 7.38. The van der Waals surface area contributed by atoms with E-state index >= 15 is 0 Å². The van der Waals surface area contributed by atoms with Crippen molar-refractivity contribution in [2.75, 3.05) is 19.7 Å². The smallest absolute Gasteiger partial charge is 0.206 e. The Hall–Kier alpha value is -3.22. The number of nitrogens with one attached hydrogen (secondary N) is 1. The fourth-order valence-corrected chi connectivity index (χ4v) is 4.79. The zero-order chi connectivity index (χ0) is 22.5. The molecule has 4 rings (SSSR count). The van der Waals surface area contributed by atoms with E-state index in [0.717, 1.165) is 46.5 Å². The lowest BCUT2D eigenvalue weighted by molar-refractivity contribution is 0.103. The Bertz CT molecular complexity index is 1230. The van der Waals surface area contributed by atoms with Gasteiger partial charge in [-0.2, -0.15) is 0 Å². The molecule has 3 aromatic carbocycles. The minimum absolute atomic E-state index is 0.0326. The summed E-state index contributed by atoms with van der Waals surface area (Å²) in [5, 5.41) is 14.0. The van der Waals surface area contributed by atoms with Gasteiger partial charge in [0.05, 0.1) is 17.0 Å². The molecule has 0 saturated carbocycles. The van der Waals surface area contributed by atoms with E-state index in [4.69, 9.17) is 4.74 Å². The molecule has 0 fully saturated rings. The van der Waals surface area contributed by atoms with Crippen molar-refractivity contribution in [2.24, 2.45) is 0 Å². The van der Waals surface area contributed by atoms with Gasteiger partial charge >= 0.3 is 0 Å². The highest BCUT2D eigenvalue weighted by Crippen LogP contribution is 2.41. The molecule has 0 aliphatic heterocycles. The summed E-state index contributed by atoms with van der Waals surface area (Å²) < 4.78 is 20.9. The first-order valence-corrected chi connectivity index (χ1v) is 11.4. The number of ether oxygens (including phenoxy) is 1. The van der Waals surface area contributed by atoms with Crippen molar-refractivity contribution in [2.45, 2.75) is 13.3 Å². The number of benzene rings is 3.